The molecule has 6 nitrogen and oxygen atoms in total. The molecule has 0 spiro atoms. The zero-order valence-corrected chi connectivity index (χ0v) is 9.92. The lowest BCUT2D eigenvalue weighted by atomic mass is 9.89. The molecule has 2 rings (SSSR count). The third-order valence-corrected chi connectivity index (χ3v) is 3.22. The van der Waals surface area contributed by atoms with Crippen molar-refractivity contribution in [3.05, 3.63) is 18.0 Å². The van der Waals surface area contributed by atoms with E-state index in [1.54, 1.807) is 5.48 Å². The minimum Gasteiger partial charge on any atom is -0.337 e. The molecular weight excluding hydrogens is 220 g/mol. The standard InChI is InChI=1S/C11H16N4O2/c1-3-9-7(2)6-15(9)11-12-4-8(5-13-11)10(16)14-17/h4-5,7,9,17H,3,6H2,1-2H3,(H,14,16). The molecule has 0 aliphatic carbocycles. The van der Waals surface area contributed by atoms with Crippen LogP contribution in [0.3, 0.4) is 0 Å². The number of carbonyl (C=O) groups is 1. The maximum atomic E-state index is 11.1. The third-order valence-electron chi connectivity index (χ3n) is 3.22. The molecule has 2 heterocycles. The summed E-state index contributed by atoms with van der Waals surface area (Å²) in [6.07, 6.45) is 3.90. The molecule has 0 aromatic carbocycles. The number of carbonyl (C=O) groups excluding carboxylic acids is 1. The molecular formula is C11H16N4O2. The number of hydroxylamine groups is 1. The Hall–Kier alpha value is -1.69. The van der Waals surface area contributed by atoms with E-state index in [1.807, 2.05) is 0 Å². The van der Waals surface area contributed by atoms with Gasteiger partial charge in [0.1, 0.15) is 0 Å². The van der Waals surface area contributed by atoms with Crippen molar-refractivity contribution in [1.82, 2.24) is 15.4 Å². The Morgan fingerprint density at radius 3 is 2.71 bits per heavy atom. The first-order chi connectivity index (χ1) is 8.17. The number of amides is 1. The minimum atomic E-state index is -0.597. The van der Waals surface area contributed by atoms with Gasteiger partial charge in [-0.05, 0) is 12.3 Å². The second kappa shape index (κ2) is 4.67. The molecule has 1 amide bonds. The zero-order chi connectivity index (χ0) is 12.4. The van der Waals surface area contributed by atoms with Gasteiger partial charge in [-0.25, -0.2) is 15.4 Å². The average molecular weight is 236 g/mol. The summed E-state index contributed by atoms with van der Waals surface area (Å²) in [5.41, 5.74) is 1.80. The Kier molecular flexibility index (Phi) is 3.23. The second-order valence-corrected chi connectivity index (χ2v) is 4.32. The van der Waals surface area contributed by atoms with Crippen LogP contribution in [0.25, 0.3) is 0 Å². The fourth-order valence-electron chi connectivity index (χ4n) is 2.24. The Balaban J connectivity index is 2.11. The van der Waals surface area contributed by atoms with Crippen LogP contribution in [-0.4, -0.2) is 33.7 Å². The predicted octanol–water partition coefficient (Wildman–Crippen LogP) is 0.830. The van der Waals surface area contributed by atoms with Crippen molar-refractivity contribution in [1.29, 1.82) is 0 Å². The van der Waals surface area contributed by atoms with E-state index in [9.17, 15) is 4.79 Å². The number of aromatic nitrogens is 2. The van der Waals surface area contributed by atoms with Crippen LogP contribution in [0.15, 0.2) is 12.4 Å². The number of hydrogen-bond acceptors (Lipinski definition) is 5. The summed E-state index contributed by atoms with van der Waals surface area (Å²) in [6.45, 7) is 5.29. The van der Waals surface area contributed by atoms with Crippen molar-refractivity contribution in [2.24, 2.45) is 5.92 Å². The molecule has 17 heavy (non-hydrogen) atoms. The highest BCUT2D eigenvalue weighted by Crippen LogP contribution is 2.29. The molecule has 92 valence electrons. The van der Waals surface area contributed by atoms with Crippen LogP contribution in [0.5, 0.6) is 0 Å². The van der Waals surface area contributed by atoms with Gasteiger partial charge in [-0.15, -0.1) is 0 Å². The van der Waals surface area contributed by atoms with Crippen molar-refractivity contribution in [2.45, 2.75) is 26.3 Å². The van der Waals surface area contributed by atoms with Crippen LogP contribution in [0.4, 0.5) is 5.95 Å². The minimum absolute atomic E-state index is 0.248. The van der Waals surface area contributed by atoms with Crippen LogP contribution in [-0.2, 0) is 0 Å². The fraction of sp³-hybridized carbons (Fsp3) is 0.545. The molecule has 0 bridgehead atoms. The molecule has 2 N–H and O–H groups in total. The first kappa shape index (κ1) is 11.8. The molecule has 0 radical (unpaired) electrons. The number of nitrogens with zero attached hydrogens (tertiary/aromatic N) is 3. The Bertz CT molecular complexity index is 406. The molecule has 1 aliphatic heterocycles. The van der Waals surface area contributed by atoms with Crippen molar-refractivity contribution in [3.8, 4) is 0 Å². The molecule has 2 atom stereocenters. The Labute approximate surface area is 99.6 Å². The lowest BCUT2D eigenvalue weighted by Gasteiger charge is -2.46. The molecule has 1 aromatic rings. The maximum Gasteiger partial charge on any atom is 0.277 e. The highest BCUT2D eigenvalue weighted by molar-refractivity contribution is 5.92. The SMILES string of the molecule is CCC1C(C)CN1c1ncc(C(=O)NO)cn1. The van der Waals surface area contributed by atoms with Crippen LogP contribution in [0.1, 0.15) is 30.6 Å². The van der Waals surface area contributed by atoms with E-state index in [-0.39, 0.29) is 5.56 Å². The van der Waals surface area contributed by atoms with Gasteiger partial charge in [-0.1, -0.05) is 13.8 Å². The lowest BCUT2D eigenvalue weighted by Crippen LogP contribution is -2.55. The first-order valence-corrected chi connectivity index (χ1v) is 5.70. The van der Waals surface area contributed by atoms with E-state index >= 15 is 0 Å². The second-order valence-electron chi connectivity index (χ2n) is 4.32. The van der Waals surface area contributed by atoms with E-state index in [1.165, 1.54) is 12.4 Å². The molecule has 6 heteroatoms. The monoisotopic (exact) mass is 236 g/mol. The van der Waals surface area contributed by atoms with E-state index in [4.69, 9.17) is 5.21 Å². The van der Waals surface area contributed by atoms with Crippen molar-refractivity contribution < 1.29 is 10.0 Å². The summed E-state index contributed by atoms with van der Waals surface area (Å²) in [4.78, 5) is 21.5. The van der Waals surface area contributed by atoms with Crippen molar-refractivity contribution in [3.63, 3.8) is 0 Å². The molecule has 2 unspecified atom stereocenters. The van der Waals surface area contributed by atoms with Gasteiger partial charge in [0.2, 0.25) is 5.95 Å². The van der Waals surface area contributed by atoms with E-state index < -0.39 is 5.91 Å². The van der Waals surface area contributed by atoms with Crippen molar-refractivity contribution in [2.75, 3.05) is 11.4 Å². The van der Waals surface area contributed by atoms with Crippen molar-refractivity contribution >= 4 is 11.9 Å². The number of anilines is 1. The van der Waals surface area contributed by atoms with E-state index in [2.05, 4.69) is 28.7 Å². The topological polar surface area (TPSA) is 78.4 Å². The summed E-state index contributed by atoms with van der Waals surface area (Å²) < 4.78 is 0. The quantitative estimate of drug-likeness (QED) is 0.600. The molecule has 1 aromatic heterocycles. The van der Waals surface area contributed by atoms with Crippen LogP contribution in [0, 0.1) is 5.92 Å². The molecule has 1 aliphatic rings. The average Bonchev–Trinajstić information content (AvgIpc) is 2.35. The summed E-state index contributed by atoms with van der Waals surface area (Å²) in [5.74, 6) is 0.703. The van der Waals surface area contributed by atoms with Gasteiger partial charge < -0.3 is 4.90 Å². The van der Waals surface area contributed by atoms with Gasteiger partial charge in [-0.2, -0.15) is 0 Å². The largest absolute Gasteiger partial charge is 0.337 e. The van der Waals surface area contributed by atoms with Gasteiger partial charge in [-0.3, -0.25) is 10.0 Å². The molecule has 0 saturated carbocycles. The van der Waals surface area contributed by atoms with Gasteiger partial charge in [0.15, 0.2) is 0 Å². The fourth-order valence-corrected chi connectivity index (χ4v) is 2.24. The molecule has 1 fully saturated rings. The third kappa shape index (κ3) is 2.08. The van der Waals surface area contributed by atoms with Crippen LogP contribution in [0.2, 0.25) is 0 Å². The van der Waals surface area contributed by atoms with E-state index in [0.29, 0.717) is 17.9 Å². The summed E-state index contributed by atoms with van der Waals surface area (Å²) in [6, 6.07) is 0.479. The zero-order valence-electron chi connectivity index (χ0n) is 9.92. The first-order valence-electron chi connectivity index (χ1n) is 5.70. The number of rotatable bonds is 3. The normalized spacial score (nSPS) is 23.1. The summed E-state index contributed by atoms with van der Waals surface area (Å²) >= 11 is 0. The highest BCUT2D eigenvalue weighted by atomic mass is 16.5. The van der Waals surface area contributed by atoms with Gasteiger partial charge in [0, 0.05) is 25.0 Å². The van der Waals surface area contributed by atoms with Crippen LogP contribution < -0.4 is 10.4 Å². The van der Waals surface area contributed by atoms with E-state index in [0.717, 1.165) is 13.0 Å². The number of nitrogens with one attached hydrogen (secondary N) is 1. The Morgan fingerprint density at radius 1 is 1.59 bits per heavy atom. The summed E-state index contributed by atoms with van der Waals surface area (Å²) in [7, 11) is 0. The maximum absolute atomic E-state index is 11.1. The molecule has 1 saturated heterocycles. The van der Waals surface area contributed by atoms with Gasteiger partial charge in [0.05, 0.1) is 5.56 Å². The Morgan fingerprint density at radius 2 is 2.24 bits per heavy atom. The lowest BCUT2D eigenvalue weighted by molar-refractivity contribution is 0.0705. The summed E-state index contributed by atoms with van der Waals surface area (Å²) in [5, 5.41) is 8.47. The van der Waals surface area contributed by atoms with Gasteiger partial charge >= 0.3 is 0 Å². The van der Waals surface area contributed by atoms with Gasteiger partial charge in [0.25, 0.3) is 5.91 Å². The predicted molar refractivity (Wildman–Crippen MR) is 61.9 cm³/mol. The van der Waals surface area contributed by atoms with Crippen LogP contribution >= 0.6 is 0 Å². The highest BCUT2D eigenvalue weighted by Gasteiger charge is 2.35. The smallest absolute Gasteiger partial charge is 0.277 e. The number of hydrogen-bond donors (Lipinski definition) is 2.